The van der Waals surface area contributed by atoms with Crippen LogP contribution in [0.5, 0.6) is 5.75 Å². The fourth-order valence-electron chi connectivity index (χ4n) is 1.42. The second-order valence-electron chi connectivity index (χ2n) is 4.26. The SMILES string of the molecule is CC(CN)N(C)C(=O)CCOc1ccc(Cl)cc1Br. The predicted octanol–water partition coefficient (Wildman–Crippen LogP) is 2.68. The zero-order chi connectivity index (χ0) is 14.4. The zero-order valence-corrected chi connectivity index (χ0v) is 13.4. The number of benzene rings is 1. The molecule has 2 N–H and O–H groups in total. The molecule has 1 atom stereocenters. The van der Waals surface area contributed by atoms with Gasteiger partial charge in [-0.15, -0.1) is 0 Å². The number of carbonyl (C=O) groups is 1. The van der Waals surface area contributed by atoms with Gasteiger partial charge in [-0.25, -0.2) is 0 Å². The van der Waals surface area contributed by atoms with Crippen LogP contribution in [0.4, 0.5) is 0 Å². The number of rotatable bonds is 6. The van der Waals surface area contributed by atoms with Crippen molar-refractivity contribution < 1.29 is 9.53 Å². The van der Waals surface area contributed by atoms with E-state index in [0.717, 1.165) is 4.47 Å². The van der Waals surface area contributed by atoms with E-state index >= 15 is 0 Å². The van der Waals surface area contributed by atoms with Crippen LogP contribution >= 0.6 is 27.5 Å². The van der Waals surface area contributed by atoms with Crippen LogP contribution in [-0.2, 0) is 4.79 Å². The molecule has 4 nitrogen and oxygen atoms in total. The number of hydrogen-bond donors (Lipinski definition) is 1. The molecular formula is C13H18BrClN2O2. The summed E-state index contributed by atoms with van der Waals surface area (Å²) in [5.41, 5.74) is 5.52. The number of nitrogens with two attached hydrogens (primary N) is 1. The minimum Gasteiger partial charge on any atom is -0.492 e. The normalized spacial score (nSPS) is 12.1. The van der Waals surface area contributed by atoms with E-state index in [9.17, 15) is 4.79 Å². The highest BCUT2D eigenvalue weighted by Gasteiger charge is 2.14. The standard InChI is InChI=1S/C13H18BrClN2O2/c1-9(8-16)17(2)13(18)5-6-19-12-4-3-10(15)7-11(12)14/h3-4,7,9H,5-6,8,16H2,1-2H3. The Labute approximate surface area is 127 Å². The molecule has 0 fully saturated rings. The van der Waals surface area contributed by atoms with Gasteiger partial charge in [0, 0.05) is 24.7 Å². The Morgan fingerprint density at radius 3 is 2.84 bits per heavy atom. The first kappa shape index (κ1) is 16.3. The molecule has 19 heavy (non-hydrogen) atoms. The summed E-state index contributed by atoms with van der Waals surface area (Å²) >= 11 is 9.19. The highest BCUT2D eigenvalue weighted by Crippen LogP contribution is 2.27. The molecule has 0 aromatic heterocycles. The third-order valence-electron chi connectivity index (χ3n) is 2.86. The van der Waals surface area contributed by atoms with Gasteiger partial charge in [-0.1, -0.05) is 11.6 Å². The summed E-state index contributed by atoms with van der Waals surface area (Å²) in [5.74, 6) is 0.690. The van der Waals surface area contributed by atoms with Crippen molar-refractivity contribution >= 4 is 33.4 Å². The average molecular weight is 350 g/mol. The summed E-state index contributed by atoms with van der Waals surface area (Å²) in [7, 11) is 1.75. The van der Waals surface area contributed by atoms with Crippen LogP contribution in [-0.4, -0.2) is 37.0 Å². The highest BCUT2D eigenvalue weighted by atomic mass is 79.9. The van der Waals surface area contributed by atoms with E-state index < -0.39 is 0 Å². The molecule has 0 radical (unpaired) electrons. The van der Waals surface area contributed by atoms with E-state index in [4.69, 9.17) is 22.1 Å². The summed E-state index contributed by atoms with van der Waals surface area (Å²) in [5, 5.41) is 0.631. The molecule has 1 unspecified atom stereocenters. The monoisotopic (exact) mass is 348 g/mol. The van der Waals surface area contributed by atoms with Crippen LogP contribution in [0.2, 0.25) is 5.02 Å². The molecule has 1 aromatic rings. The van der Waals surface area contributed by atoms with Crippen LogP contribution in [0, 0.1) is 0 Å². The fourth-order valence-corrected chi connectivity index (χ4v) is 2.22. The van der Waals surface area contributed by atoms with E-state index in [1.54, 1.807) is 30.1 Å². The van der Waals surface area contributed by atoms with Gasteiger partial charge in [0.1, 0.15) is 5.75 Å². The number of halogens is 2. The van der Waals surface area contributed by atoms with Crippen molar-refractivity contribution in [1.82, 2.24) is 4.90 Å². The Kier molecular flexibility index (Phi) is 6.62. The molecule has 1 amide bonds. The minimum absolute atomic E-state index is 0.0167. The van der Waals surface area contributed by atoms with Gasteiger partial charge >= 0.3 is 0 Å². The lowest BCUT2D eigenvalue weighted by Crippen LogP contribution is -2.40. The van der Waals surface area contributed by atoms with Crippen LogP contribution in [0.25, 0.3) is 0 Å². The number of amides is 1. The number of carbonyl (C=O) groups excluding carboxylic acids is 1. The van der Waals surface area contributed by atoms with Crippen molar-refractivity contribution in [2.45, 2.75) is 19.4 Å². The third-order valence-corrected chi connectivity index (χ3v) is 3.72. The Balaban J connectivity index is 2.44. The molecule has 0 heterocycles. The maximum Gasteiger partial charge on any atom is 0.226 e. The van der Waals surface area contributed by atoms with E-state index in [2.05, 4.69) is 15.9 Å². The van der Waals surface area contributed by atoms with E-state index in [1.165, 1.54) is 0 Å². The first-order valence-corrected chi connectivity index (χ1v) is 7.16. The molecule has 0 aliphatic carbocycles. The Morgan fingerprint density at radius 1 is 1.58 bits per heavy atom. The molecule has 106 valence electrons. The second-order valence-corrected chi connectivity index (χ2v) is 5.55. The van der Waals surface area contributed by atoms with Crippen LogP contribution in [0.3, 0.4) is 0 Å². The first-order valence-electron chi connectivity index (χ1n) is 5.99. The number of hydrogen-bond acceptors (Lipinski definition) is 3. The maximum atomic E-state index is 11.8. The number of nitrogens with zero attached hydrogens (tertiary/aromatic N) is 1. The van der Waals surface area contributed by atoms with Crippen molar-refractivity contribution in [3.8, 4) is 5.75 Å². The summed E-state index contributed by atoms with van der Waals surface area (Å²) in [4.78, 5) is 13.5. The third kappa shape index (κ3) is 5.01. The lowest BCUT2D eigenvalue weighted by Gasteiger charge is -2.23. The first-order chi connectivity index (χ1) is 8.95. The Morgan fingerprint density at radius 2 is 2.26 bits per heavy atom. The van der Waals surface area contributed by atoms with Gasteiger partial charge in [0.2, 0.25) is 5.91 Å². The van der Waals surface area contributed by atoms with Crippen LogP contribution < -0.4 is 10.5 Å². The molecule has 0 spiro atoms. The quantitative estimate of drug-likeness (QED) is 0.859. The average Bonchev–Trinajstić information content (AvgIpc) is 2.39. The Hall–Kier alpha value is -0.780. The molecule has 1 aromatic carbocycles. The van der Waals surface area contributed by atoms with Crippen molar-refractivity contribution in [2.75, 3.05) is 20.2 Å². The summed E-state index contributed by atoms with van der Waals surface area (Å²) in [6, 6.07) is 5.30. The Bertz CT molecular complexity index is 443. The van der Waals surface area contributed by atoms with Crippen molar-refractivity contribution in [1.29, 1.82) is 0 Å². The van der Waals surface area contributed by atoms with Crippen molar-refractivity contribution in [3.63, 3.8) is 0 Å². The lowest BCUT2D eigenvalue weighted by molar-refractivity contribution is -0.132. The molecule has 0 aliphatic heterocycles. The van der Waals surface area contributed by atoms with E-state index in [-0.39, 0.29) is 11.9 Å². The summed E-state index contributed by atoms with van der Waals surface area (Å²) < 4.78 is 6.32. The molecule has 0 bridgehead atoms. The van der Waals surface area contributed by atoms with Gasteiger partial charge in [0.15, 0.2) is 0 Å². The molecule has 0 saturated carbocycles. The second kappa shape index (κ2) is 7.72. The molecule has 0 aliphatic rings. The predicted molar refractivity (Wildman–Crippen MR) is 80.6 cm³/mol. The fraction of sp³-hybridized carbons (Fsp3) is 0.462. The van der Waals surface area contributed by atoms with Gasteiger partial charge < -0.3 is 15.4 Å². The summed E-state index contributed by atoms with van der Waals surface area (Å²) in [6.07, 6.45) is 0.315. The minimum atomic E-state index is 0.0167. The van der Waals surface area contributed by atoms with Gasteiger partial charge in [-0.3, -0.25) is 4.79 Å². The summed E-state index contributed by atoms with van der Waals surface area (Å²) in [6.45, 7) is 2.68. The number of ether oxygens (including phenoxy) is 1. The smallest absolute Gasteiger partial charge is 0.226 e. The molecule has 0 saturated heterocycles. The van der Waals surface area contributed by atoms with Gasteiger partial charge in [0.05, 0.1) is 17.5 Å². The lowest BCUT2D eigenvalue weighted by atomic mass is 10.2. The van der Waals surface area contributed by atoms with Crippen LogP contribution in [0.1, 0.15) is 13.3 Å². The van der Waals surface area contributed by atoms with Crippen LogP contribution in [0.15, 0.2) is 22.7 Å². The highest BCUT2D eigenvalue weighted by molar-refractivity contribution is 9.10. The van der Waals surface area contributed by atoms with E-state index in [0.29, 0.717) is 30.3 Å². The van der Waals surface area contributed by atoms with E-state index in [1.807, 2.05) is 6.92 Å². The van der Waals surface area contributed by atoms with Gasteiger partial charge in [0.25, 0.3) is 0 Å². The maximum absolute atomic E-state index is 11.8. The topological polar surface area (TPSA) is 55.6 Å². The van der Waals surface area contributed by atoms with Crippen molar-refractivity contribution in [3.05, 3.63) is 27.7 Å². The van der Waals surface area contributed by atoms with Gasteiger partial charge in [-0.05, 0) is 41.1 Å². The largest absolute Gasteiger partial charge is 0.492 e. The van der Waals surface area contributed by atoms with Crippen molar-refractivity contribution in [2.24, 2.45) is 5.73 Å². The zero-order valence-electron chi connectivity index (χ0n) is 11.0. The van der Waals surface area contributed by atoms with Gasteiger partial charge in [-0.2, -0.15) is 0 Å². The molecular weight excluding hydrogens is 332 g/mol. The molecule has 6 heteroatoms. The molecule has 1 rings (SSSR count). The number of likely N-dealkylation sites (N-methyl/N-ethyl adjacent to an activating group) is 1.